The molecule has 0 saturated heterocycles. The summed E-state index contributed by atoms with van der Waals surface area (Å²) in [6.07, 6.45) is -1.85. The van der Waals surface area contributed by atoms with Crippen LogP contribution in [-0.2, 0) is 22.3 Å². The van der Waals surface area contributed by atoms with Crippen LogP contribution in [-0.4, -0.2) is 28.0 Å². The molecule has 138 valence electrons. The molecule has 0 aliphatic carbocycles. The first-order valence-corrected chi connectivity index (χ1v) is 7.58. The maximum Gasteiger partial charge on any atom is 0.416 e. The zero-order chi connectivity index (χ0) is 19.2. The topological polar surface area (TPSA) is 91.3 Å². The van der Waals surface area contributed by atoms with Crippen LogP contribution in [0, 0.1) is 0 Å². The van der Waals surface area contributed by atoms with Crippen LogP contribution in [0.2, 0.25) is 0 Å². The second-order valence-electron chi connectivity index (χ2n) is 5.46. The van der Waals surface area contributed by atoms with Crippen molar-refractivity contribution in [3.05, 3.63) is 59.9 Å². The SMILES string of the molecule is O=C(CC(NCc1cccnc1)C(=O)O)Nc1cccc(C(F)(F)F)c1. The molecule has 1 aromatic carbocycles. The zero-order valence-electron chi connectivity index (χ0n) is 13.5. The Kier molecular flexibility index (Phi) is 6.29. The summed E-state index contributed by atoms with van der Waals surface area (Å²) in [4.78, 5) is 27.2. The Morgan fingerprint density at radius 2 is 1.96 bits per heavy atom. The molecule has 0 aliphatic rings. The van der Waals surface area contributed by atoms with Gasteiger partial charge in [-0.1, -0.05) is 12.1 Å². The van der Waals surface area contributed by atoms with Crippen molar-refractivity contribution in [2.24, 2.45) is 0 Å². The predicted octanol–water partition coefficient (Wildman–Crippen LogP) is 2.67. The van der Waals surface area contributed by atoms with Gasteiger partial charge in [-0.15, -0.1) is 0 Å². The molecule has 1 atom stereocenters. The molecule has 0 saturated carbocycles. The molecule has 1 unspecified atom stereocenters. The number of pyridine rings is 1. The van der Waals surface area contributed by atoms with E-state index in [4.69, 9.17) is 0 Å². The number of aromatic nitrogens is 1. The fraction of sp³-hybridized carbons (Fsp3) is 0.235. The molecule has 0 bridgehead atoms. The van der Waals surface area contributed by atoms with Crippen LogP contribution in [0.3, 0.4) is 0 Å². The van der Waals surface area contributed by atoms with Gasteiger partial charge in [0.1, 0.15) is 6.04 Å². The summed E-state index contributed by atoms with van der Waals surface area (Å²) in [6, 6.07) is 6.36. The lowest BCUT2D eigenvalue weighted by atomic mass is 10.1. The van der Waals surface area contributed by atoms with Crippen molar-refractivity contribution in [1.29, 1.82) is 0 Å². The molecule has 1 amide bonds. The molecule has 6 nitrogen and oxygen atoms in total. The van der Waals surface area contributed by atoms with E-state index in [0.29, 0.717) is 0 Å². The van der Waals surface area contributed by atoms with Crippen LogP contribution in [0.1, 0.15) is 17.5 Å². The molecule has 2 aromatic rings. The number of carbonyl (C=O) groups excluding carboxylic acids is 1. The van der Waals surface area contributed by atoms with E-state index in [9.17, 15) is 27.9 Å². The van der Waals surface area contributed by atoms with Gasteiger partial charge in [0.05, 0.1) is 12.0 Å². The lowest BCUT2D eigenvalue weighted by molar-refractivity contribution is -0.141. The van der Waals surface area contributed by atoms with Crippen LogP contribution in [0.4, 0.5) is 18.9 Å². The number of carboxylic acids is 1. The lowest BCUT2D eigenvalue weighted by Crippen LogP contribution is -2.39. The third-order valence-electron chi connectivity index (χ3n) is 3.44. The van der Waals surface area contributed by atoms with E-state index < -0.39 is 36.1 Å². The van der Waals surface area contributed by atoms with E-state index in [1.54, 1.807) is 24.5 Å². The summed E-state index contributed by atoms with van der Waals surface area (Å²) < 4.78 is 38.0. The Morgan fingerprint density at radius 1 is 1.19 bits per heavy atom. The largest absolute Gasteiger partial charge is 0.480 e. The molecule has 0 aliphatic heterocycles. The number of carboxylic acid groups (broad SMARTS) is 1. The fourth-order valence-corrected chi connectivity index (χ4v) is 2.16. The molecule has 0 spiro atoms. The normalized spacial score (nSPS) is 12.4. The highest BCUT2D eigenvalue weighted by atomic mass is 19.4. The third-order valence-corrected chi connectivity index (χ3v) is 3.44. The minimum absolute atomic E-state index is 0.0544. The standard InChI is InChI=1S/C17H16F3N3O3/c18-17(19,20)12-4-1-5-13(7-12)23-15(24)8-14(16(25)26)22-10-11-3-2-6-21-9-11/h1-7,9,14,22H,8,10H2,(H,23,24)(H,25,26). The van der Waals surface area contributed by atoms with Crippen LogP contribution in [0.15, 0.2) is 48.8 Å². The molecule has 1 heterocycles. The Morgan fingerprint density at radius 3 is 2.58 bits per heavy atom. The maximum atomic E-state index is 12.7. The predicted molar refractivity (Wildman–Crippen MR) is 87.2 cm³/mol. The van der Waals surface area contributed by atoms with Crippen molar-refractivity contribution in [1.82, 2.24) is 10.3 Å². The first-order chi connectivity index (χ1) is 12.3. The molecule has 1 aromatic heterocycles. The number of amides is 1. The van der Waals surface area contributed by atoms with Crippen LogP contribution in [0.5, 0.6) is 0 Å². The summed E-state index contributed by atoms with van der Waals surface area (Å²) >= 11 is 0. The lowest BCUT2D eigenvalue weighted by Gasteiger charge is -2.15. The second-order valence-corrected chi connectivity index (χ2v) is 5.46. The van der Waals surface area contributed by atoms with Gasteiger partial charge < -0.3 is 10.4 Å². The number of nitrogens with one attached hydrogen (secondary N) is 2. The van der Waals surface area contributed by atoms with Gasteiger partial charge in [-0.25, -0.2) is 0 Å². The Labute approximate surface area is 147 Å². The number of anilines is 1. The van der Waals surface area contributed by atoms with E-state index in [1.165, 1.54) is 6.07 Å². The molecule has 3 N–H and O–H groups in total. The van der Waals surface area contributed by atoms with Crippen molar-refractivity contribution in [3.63, 3.8) is 0 Å². The number of nitrogens with zero attached hydrogens (tertiary/aromatic N) is 1. The first kappa shape index (κ1) is 19.4. The third kappa shape index (κ3) is 5.85. The highest BCUT2D eigenvalue weighted by Crippen LogP contribution is 2.30. The monoisotopic (exact) mass is 367 g/mol. The van der Waals surface area contributed by atoms with Gasteiger partial charge >= 0.3 is 12.1 Å². The van der Waals surface area contributed by atoms with Crippen molar-refractivity contribution >= 4 is 17.6 Å². The van der Waals surface area contributed by atoms with Crippen LogP contribution >= 0.6 is 0 Å². The molecule has 26 heavy (non-hydrogen) atoms. The Bertz CT molecular complexity index is 767. The zero-order valence-corrected chi connectivity index (χ0v) is 13.5. The highest BCUT2D eigenvalue weighted by molar-refractivity contribution is 5.94. The summed E-state index contributed by atoms with van der Waals surface area (Å²) in [6.45, 7) is 0.182. The number of hydrogen-bond donors (Lipinski definition) is 3. The number of halogens is 3. The summed E-state index contributed by atoms with van der Waals surface area (Å²) in [5, 5.41) is 14.2. The highest BCUT2D eigenvalue weighted by Gasteiger charge is 2.30. The number of hydrogen-bond acceptors (Lipinski definition) is 4. The van der Waals surface area contributed by atoms with Gasteiger partial charge in [0.2, 0.25) is 5.91 Å². The first-order valence-electron chi connectivity index (χ1n) is 7.58. The quantitative estimate of drug-likeness (QED) is 0.700. The van der Waals surface area contributed by atoms with E-state index in [1.807, 2.05) is 0 Å². The molecule has 9 heteroatoms. The summed E-state index contributed by atoms with van der Waals surface area (Å²) in [7, 11) is 0. The summed E-state index contributed by atoms with van der Waals surface area (Å²) in [5.74, 6) is -1.96. The van der Waals surface area contributed by atoms with Crippen LogP contribution < -0.4 is 10.6 Å². The van der Waals surface area contributed by atoms with E-state index in [0.717, 1.165) is 23.8 Å². The van der Waals surface area contributed by atoms with Gasteiger partial charge in [0.25, 0.3) is 0 Å². The second kappa shape index (κ2) is 8.43. The van der Waals surface area contributed by atoms with Gasteiger partial charge in [-0.3, -0.25) is 19.9 Å². The van der Waals surface area contributed by atoms with Crippen molar-refractivity contribution in [3.8, 4) is 0 Å². The molecule has 2 rings (SSSR count). The average molecular weight is 367 g/mol. The number of rotatable bonds is 7. The minimum atomic E-state index is -4.53. The Balaban J connectivity index is 1.96. The maximum absolute atomic E-state index is 12.7. The Hall–Kier alpha value is -2.94. The smallest absolute Gasteiger partial charge is 0.416 e. The average Bonchev–Trinajstić information content (AvgIpc) is 2.58. The fourth-order valence-electron chi connectivity index (χ4n) is 2.16. The molecular weight excluding hydrogens is 351 g/mol. The van der Waals surface area contributed by atoms with Gasteiger partial charge in [0, 0.05) is 24.6 Å². The van der Waals surface area contributed by atoms with Gasteiger partial charge in [-0.2, -0.15) is 13.2 Å². The van der Waals surface area contributed by atoms with Crippen molar-refractivity contribution in [2.75, 3.05) is 5.32 Å². The van der Waals surface area contributed by atoms with E-state index >= 15 is 0 Å². The molecule has 0 radical (unpaired) electrons. The summed E-state index contributed by atoms with van der Waals surface area (Å²) in [5.41, 5.74) is -0.224. The van der Waals surface area contributed by atoms with Crippen molar-refractivity contribution < 1.29 is 27.9 Å². The van der Waals surface area contributed by atoms with Crippen LogP contribution in [0.25, 0.3) is 0 Å². The number of benzene rings is 1. The van der Waals surface area contributed by atoms with Gasteiger partial charge in [-0.05, 0) is 29.8 Å². The number of aliphatic carboxylic acids is 1. The van der Waals surface area contributed by atoms with Crippen molar-refractivity contribution in [2.45, 2.75) is 25.2 Å². The molecular formula is C17H16F3N3O3. The number of carbonyl (C=O) groups is 2. The van der Waals surface area contributed by atoms with Gasteiger partial charge in [0.15, 0.2) is 0 Å². The molecule has 0 fully saturated rings. The number of alkyl halides is 3. The minimum Gasteiger partial charge on any atom is -0.480 e. The van der Waals surface area contributed by atoms with E-state index in [-0.39, 0.29) is 12.2 Å². The van der Waals surface area contributed by atoms with E-state index in [2.05, 4.69) is 15.6 Å².